The number of H-pyrrole nitrogens is 1. The zero-order valence-corrected chi connectivity index (χ0v) is 13.7. The zero-order chi connectivity index (χ0) is 17.1. The molecule has 0 aliphatic heterocycles. The molecular weight excluding hydrogens is 302 g/mol. The third kappa shape index (κ3) is 3.06. The Kier molecular flexibility index (Phi) is 4.42. The third-order valence-corrected chi connectivity index (χ3v) is 4.10. The first-order chi connectivity index (χ1) is 11.6. The topological polar surface area (TPSA) is 66.1 Å². The Morgan fingerprint density at radius 3 is 2.33 bits per heavy atom. The summed E-state index contributed by atoms with van der Waals surface area (Å²) in [6, 6.07) is 15.2. The molecule has 5 heteroatoms. The van der Waals surface area contributed by atoms with Crippen LogP contribution in [0.25, 0.3) is 10.8 Å². The van der Waals surface area contributed by atoms with E-state index in [9.17, 15) is 9.59 Å². The fourth-order valence-electron chi connectivity index (χ4n) is 2.68. The average molecular weight is 321 g/mol. The second-order valence-electron chi connectivity index (χ2n) is 5.78. The van der Waals surface area contributed by atoms with Crippen molar-refractivity contribution in [2.75, 3.05) is 7.05 Å². The van der Waals surface area contributed by atoms with Gasteiger partial charge in [0.05, 0.1) is 5.39 Å². The van der Waals surface area contributed by atoms with Gasteiger partial charge in [-0.3, -0.25) is 9.59 Å². The first-order valence-corrected chi connectivity index (χ1v) is 7.91. The number of nitrogens with one attached hydrogen (secondary N) is 1. The SMILES string of the molecule is CCc1ccc(CN(C)C(=O)c2n[nH]c(=O)c3ccccc23)cc1. The fraction of sp³-hybridized carbons (Fsp3) is 0.211. The number of aromatic nitrogens is 2. The minimum absolute atomic E-state index is 0.220. The lowest BCUT2D eigenvalue weighted by Crippen LogP contribution is -2.28. The van der Waals surface area contributed by atoms with Crippen LogP contribution >= 0.6 is 0 Å². The summed E-state index contributed by atoms with van der Waals surface area (Å²) in [6.07, 6.45) is 0.988. The Morgan fingerprint density at radius 2 is 1.67 bits per heavy atom. The van der Waals surface area contributed by atoms with Gasteiger partial charge in [0.25, 0.3) is 11.5 Å². The van der Waals surface area contributed by atoms with Crippen LogP contribution in [0.1, 0.15) is 28.5 Å². The molecule has 0 unspecified atom stereocenters. The molecule has 0 fully saturated rings. The maximum Gasteiger partial charge on any atom is 0.274 e. The highest BCUT2D eigenvalue weighted by molar-refractivity contribution is 6.04. The molecule has 0 atom stereocenters. The van der Waals surface area contributed by atoms with Crippen molar-refractivity contribution >= 4 is 16.7 Å². The summed E-state index contributed by atoms with van der Waals surface area (Å²) < 4.78 is 0. The van der Waals surface area contributed by atoms with Gasteiger partial charge in [0.1, 0.15) is 0 Å². The third-order valence-electron chi connectivity index (χ3n) is 4.10. The quantitative estimate of drug-likeness (QED) is 0.803. The number of hydrogen-bond donors (Lipinski definition) is 1. The molecule has 0 radical (unpaired) electrons. The molecule has 5 nitrogen and oxygen atoms in total. The van der Waals surface area contributed by atoms with Crippen LogP contribution in [0.5, 0.6) is 0 Å². The molecule has 2 aromatic carbocycles. The second-order valence-corrected chi connectivity index (χ2v) is 5.78. The predicted octanol–water partition coefficient (Wildman–Crippen LogP) is 2.76. The average Bonchev–Trinajstić information content (AvgIpc) is 2.62. The number of hydrogen-bond acceptors (Lipinski definition) is 3. The highest BCUT2D eigenvalue weighted by Crippen LogP contribution is 2.15. The Morgan fingerprint density at radius 1 is 1.04 bits per heavy atom. The number of aromatic amines is 1. The first-order valence-electron chi connectivity index (χ1n) is 7.91. The van der Waals surface area contributed by atoms with Crippen LogP contribution < -0.4 is 5.56 Å². The normalized spacial score (nSPS) is 10.8. The predicted molar refractivity (Wildman–Crippen MR) is 94.0 cm³/mol. The largest absolute Gasteiger partial charge is 0.336 e. The van der Waals surface area contributed by atoms with E-state index in [1.807, 2.05) is 12.1 Å². The van der Waals surface area contributed by atoms with Crippen molar-refractivity contribution in [1.29, 1.82) is 0 Å². The molecule has 1 N–H and O–H groups in total. The van der Waals surface area contributed by atoms with E-state index in [0.29, 0.717) is 17.3 Å². The molecule has 1 heterocycles. The summed E-state index contributed by atoms with van der Waals surface area (Å²) in [5.41, 5.74) is 2.29. The van der Waals surface area contributed by atoms with Crippen LogP contribution in [-0.2, 0) is 13.0 Å². The van der Waals surface area contributed by atoms with Gasteiger partial charge >= 0.3 is 0 Å². The highest BCUT2D eigenvalue weighted by atomic mass is 16.2. The standard InChI is InChI=1S/C19H19N3O2/c1-3-13-8-10-14(11-9-13)12-22(2)19(24)17-15-6-4-5-7-16(15)18(23)21-20-17/h4-11H,3,12H2,1-2H3,(H,21,23). The number of amides is 1. The summed E-state index contributed by atoms with van der Waals surface area (Å²) in [7, 11) is 1.73. The Balaban J connectivity index is 1.88. The van der Waals surface area contributed by atoms with Crippen molar-refractivity contribution < 1.29 is 4.79 Å². The number of carbonyl (C=O) groups is 1. The summed E-state index contributed by atoms with van der Waals surface area (Å²) in [5, 5.41) is 7.41. The van der Waals surface area contributed by atoms with Crippen molar-refractivity contribution in [1.82, 2.24) is 15.1 Å². The summed E-state index contributed by atoms with van der Waals surface area (Å²) >= 11 is 0. The molecule has 1 aromatic heterocycles. The molecule has 1 amide bonds. The molecule has 0 aliphatic rings. The zero-order valence-electron chi connectivity index (χ0n) is 13.7. The van der Waals surface area contributed by atoms with E-state index in [1.165, 1.54) is 5.56 Å². The molecule has 0 bridgehead atoms. The monoisotopic (exact) mass is 321 g/mol. The lowest BCUT2D eigenvalue weighted by Gasteiger charge is -2.17. The lowest BCUT2D eigenvalue weighted by molar-refractivity contribution is 0.0780. The first kappa shape index (κ1) is 15.9. The highest BCUT2D eigenvalue weighted by Gasteiger charge is 2.18. The maximum atomic E-state index is 12.7. The van der Waals surface area contributed by atoms with Crippen molar-refractivity contribution in [2.24, 2.45) is 0 Å². The van der Waals surface area contributed by atoms with Crippen LogP contribution in [0.2, 0.25) is 0 Å². The molecular formula is C19H19N3O2. The van der Waals surface area contributed by atoms with E-state index in [-0.39, 0.29) is 17.2 Å². The van der Waals surface area contributed by atoms with Gasteiger partial charge in [-0.2, -0.15) is 5.10 Å². The number of aryl methyl sites for hydroxylation is 1. The number of carbonyl (C=O) groups excluding carboxylic acids is 1. The van der Waals surface area contributed by atoms with Gasteiger partial charge in [-0.15, -0.1) is 0 Å². The van der Waals surface area contributed by atoms with E-state index in [0.717, 1.165) is 12.0 Å². The second kappa shape index (κ2) is 6.66. The van der Waals surface area contributed by atoms with E-state index in [4.69, 9.17) is 0 Å². The number of fused-ring (bicyclic) bond motifs is 1. The minimum Gasteiger partial charge on any atom is -0.336 e. The van der Waals surface area contributed by atoms with Gasteiger partial charge in [0.15, 0.2) is 5.69 Å². The summed E-state index contributed by atoms with van der Waals surface area (Å²) in [5.74, 6) is -0.220. The van der Waals surface area contributed by atoms with Crippen molar-refractivity contribution in [2.45, 2.75) is 19.9 Å². The van der Waals surface area contributed by atoms with Gasteiger partial charge in [0.2, 0.25) is 0 Å². The molecule has 122 valence electrons. The van der Waals surface area contributed by atoms with Crippen LogP contribution in [-0.4, -0.2) is 28.1 Å². The van der Waals surface area contributed by atoms with E-state index < -0.39 is 0 Å². The van der Waals surface area contributed by atoms with Gasteiger partial charge < -0.3 is 4.90 Å². The Bertz CT molecular complexity index is 929. The fourth-order valence-corrected chi connectivity index (χ4v) is 2.68. The van der Waals surface area contributed by atoms with Crippen molar-refractivity contribution in [3.8, 4) is 0 Å². The molecule has 0 aliphatic carbocycles. The molecule has 0 spiro atoms. The number of nitrogens with zero attached hydrogens (tertiary/aromatic N) is 2. The van der Waals surface area contributed by atoms with E-state index >= 15 is 0 Å². The van der Waals surface area contributed by atoms with E-state index in [2.05, 4.69) is 29.3 Å². The Hall–Kier alpha value is -2.95. The molecule has 0 saturated carbocycles. The number of benzene rings is 2. The summed E-state index contributed by atoms with van der Waals surface area (Å²) in [6.45, 7) is 2.59. The van der Waals surface area contributed by atoms with Gasteiger partial charge in [-0.05, 0) is 23.6 Å². The smallest absolute Gasteiger partial charge is 0.274 e. The molecule has 3 rings (SSSR count). The molecule has 0 saturated heterocycles. The van der Waals surface area contributed by atoms with Gasteiger partial charge in [-0.1, -0.05) is 49.4 Å². The maximum absolute atomic E-state index is 12.7. The van der Waals surface area contributed by atoms with Crippen LogP contribution in [0.3, 0.4) is 0 Å². The minimum atomic E-state index is -0.292. The van der Waals surface area contributed by atoms with Gasteiger partial charge in [-0.25, -0.2) is 5.10 Å². The molecule has 24 heavy (non-hydrogen) atoms. The van der Waals surface area contributed by atoms with Crippen LogP contribution in [0.4, 0.5) is 0 Å². The summed E-state index contributed by atoms with van der Waals surface area (Å²) in [4.78, 5) is 26.2. The van der Waals surface area contributed by atoms with Crippen LogP contribution in [0.15, 0.2) is 53.3 Å². The van der Waals surface area contributed by atoms with Crippen molar-refractivity contribution in [3.63, 3.8) is 0 Å². The van der Waals surface area contributed by atoms with Gasteiger partial charge in [0, 0.05) is 19.0 Å². The number of rotatable bonds is 4. The van der Waals surface area contributed by atoms with Crippen molar-refractivity contribution in [3.05, 3.63) is 75.7 Å². The van der Waals surface area contributed by atoms with E-state index in [1.54, 1.807) is 36.2 Å². The van der Waals surface area contributed by atoms with Crippen LogP contribution in [0, 0.1) is 0 Å². The Labute approximate surface area is 139 Å². The lowest BCUT2D eigenvalue weighted by atomic mass is 10.1. The molecule has 3 aromatic rings.